The number of nitrogens with zero attached hydrogens (tertiary/aromatic N) is 1. The molecule has 16 heavy (non-hydrogen) atoms. The lowest BCUT2D eigenvalue weighted by atomic mass is 10.2. The Morgan fingerprint density at radius 3 is 2.75 bits per heavy atom. The molecular formula is C11H11FN2O2. The van der Waals surface area contributed by atoms with Crippen LogP contribution in [-0.4, -0.2) is 21.0 Å². The van der Waals surface area contributed by atoms with E-state index in [9.17, 15) is 9.18 Å². The second-order valence-electron chi connectivity index (χ2n) is 3.93. The van der Waals surface area contributed by atoms with Crippen molar-refractivity contribution in [3.05, 3.63) is 29.3 Å². The highest BCUT2D eigenvalue weighted by molar-refractivity contribution is 6.00. The van der Waals surface area contributed by atoms with E-state index in [2.05, 4.69) is 9.97 Å². The summed E-state index contributed by atoms with van der Waals surface area (Å²) in [5, 5.41) is 8.93. The van der Waals surface area contributed by atoms with Crippen LogP contribution in [0.2, 0.25) is 0 Å². The van der Waals surface area contributed by atoms with E-state index in [1.54, 1.807) is 0 Å². The number of aromatic amines is 1. The van der Waals surface area contributed by atoms with Gasteiger partial charge < -0.3 is 10.1 Å². The lowest BCUT2D eigenvalue weighted by molar-refractivity contribution is 0.0698. The van der Waals surface area contributed by atoms with Crippen LogP contribution in [0.1, 0.15) is 35.9 Å². The Balaban J connectivity index is 2.75. The van der Waals surface area contributed by atoms with Crippen molar-refractivity contribution in [1.29, 1.82) is 0 Å². The minimum Gasteiger partial charge on any atom is -0.478 e. The SMILES string of the molecule is CC(C)c1nc2c(C(=O)O)cc(F)cc2[nH]1. The lowest BCUT2D eigenvalue weighted by Gasteiger charge is -1.96. The van der Waals surface area contributed by atoms with Gasteiger partial charge in [-0.2, -0.15) is 0 Å². The second kappa shape index (κ2) is 3.59. The molecule has 84 valence electrons. The van der Waals surface area contributed by atoms with Crippen LogP contribution < -0.4 is 0 Å². The largest absolute Gasteiger partial charge is 0.478 e. The van der Waals surface area contributed by atoms with Crippen LogP contribution in [0, 0.1) is 5.82 Å². The van der Waals surface area contributed by atoms with Crippen molar-refractivity contribution in [2.45, 2.75) is 19.8 Å². The Hall–Kier alpha value is -1.91. The average molecular weight is 222 g/mol. The van der Waals surface area contributed by atoms with Crippen molar-refractivity contribution < 1.29 is 14.3 Å². The fraction of sp³-hybridized carbons (Fsp3) is 0.273. The van der Waals surface area contributed by atoms with Crippen LogP contribution in [-0.2, 0) is 0 Å². The first kappa shape index (κ1) is 10.6. The summed E-state index contributed by atoms with van der Waals surface area (Å²) in [4.78, 5) is 18.0. The zero-order valence-electron chi connectivity index (χ0n) is 8.91. The highest BCUT2D eigenvalue weighted by Gasteiger charge is 2.15. The van der Waals surface area contributed by atoms with Crippen LogP contribution in [0.15, 0.2) is 12.1 Å². The van der Waals surface area contributed by atoms with Crippen molar-refractivity contribution in [3.8, 4) is 0 Å². The molecule has 1 heterocycles. The monoisotopic (exact) mass is 222 g/mol. The fourth-order valence-electron chi connectivity index (χ4n) is 1.54. The maximum atomic E-state index is 13.2. The molecule has 2 rings (SSSR count). The average Bonchev–Trinajstić information content (AvgIpc) is 2.59. The molecule has 4 nitrogen and oxygen atoms in total. The maximum Gasteiger partial charge on any atom is 0.338 e. The van der Waals surface area contributed by atoms with E-state index in [1.165, 1.54) is 6.07 Å². The van der Waals surface area contributed by atoms with Gasteiger partial charge in [-0.15, -0.1) is 0 Å². The predicted octanol–water partition coefficient (Wildman–Crippen LogP) is 2.52. The van der Waals surface area contributed by atoms with Crippen LogP contribution >= 0.6 is 0 Å². The van der Waals surface area contributed by atoms with Crippen LogP contribution in [0.3, 0.4) is 0 Å². The van der Waals surface area contributed by atoms with Gasteiger partial charge in [0, 0.05) is 5.92 Å². The molecule has 0 saturated carbocycles. The molecule has 0 bridgehead atoms. The standard InChI is InChI=1S/C11H11FN2O2/c1-5(2)10-13-8-4-6(12)3-7(11(15)16)9(8)14-10/h3-5H,1-2H3,(H,13,14)(H,15,16). The van der Waals surface area contributed by atoms with Gasteiger partial charge in [0.15, 0.2) is 0 Å². The smallest absolute Gasteiger partial charge is 0.338 e. The van der Waals surface area contributed by atoms with Crippen LogP contribution in [0.5, 0.6) is 0 Å². The van der Waals surface area contributed by atoms with E-state index >= 15 is 0 Å². The summed E-state index contributed by atoms with van der Waals surface area (Å²) >= 11 is 0. The highest BCUT2D eigenvalue weighted by Crippen LogP contribution is 2.21. The molecule has 0 radical (unpaired) electrons. The summed E-state index contributed by atoms with van der Waals surface area (Å²) in [6.45, 7) is 3.85. The number of hydrogen-bond donors (Lipinski definition) is 2. The molecule has 0 aliphatic heterocycles. The van der Waals surface area contributed by atoms with E-state index < -0.39 is 11.8 Å². The number of fused-ring (bicyclic) bond motifs is 1. The molecule has 2 aromatic rings. The van der Waals surface area contributed by atoms with E-state index in [4.69, 9.17) is 5.11 Å². The maximum absolute atomic E-state index is 13.2. The first-order chi connectivity index (χ1) is 7.49. The number of aromatic nitrogens is 2. The van der Waals surface area contributed by atoms with Crippen LogP contribution in [0.25, 0.3) is 11.0 Å². The molecule has 2 N–H and O–H groups in total. The lowest BCUT2D eigenvalue weighted by Crippen LogP contribution is -1.98. The Bertz CT molecular complexity index is 560. The van der Waals surface area contributed by atoms with E-state index in [0.717, 1.165) is 6.07 Å². The summed E-state index contributed by atoms with van der Waals surface area (Å²) < 4.78 is 13.2. The van der Waals surface area contributed by atoms with E-state index in [1.807, 2.05) is 13.8 Å². The Kier molecular flexibility index (Phi) is 2.38. The summed E-state index contributed by atoms with van der Waals surface area (Å²) in [6.07, 6.45) is 0. The number of rotatable bonds is 2. The van der Waals surface area contributed by atoms with Gasteiger partial charge in [0.25, 0.3) is 0 Å². The molecular weight excluding hydrogens is 211 g/mol. The number of aromatic carboxylic acids is 1. The second-order valence-corrected chi connectivity index (χ2v) is 3.93. The first-order valence-corrected chi connectivity index (χ1v) is 4.91. The summed E-state index contributed by atoms with van der Waals surface area (Å²) in [7, 11) is 0. The molecule has 5 heteroatoms. The zero-order chi connectivity index (χ0) is 11.9. The van der Waals surface area contributed by atoms with Gasteiger partial charge in [-0.3, -0.25) is 0 Å². The topological polar surface area (TPSA) is 66.0 Å². The van der Waals surface area contributed by atoms with Gasteiger partial charge in [-0.05, 0) is 12.1 Å². The Morgan fingerprint density at radius 2 is 2.19 bits per heavy atom. The molecule has 0 unspecified atom stereocenters. The molecule has 0 fully saturated rings. The van der Waals surface area contributed by atoms with Gasteiger partial charge in [0.05, 0.1) is 11.1 Å². The van der Waals surface area contributed by atoms with Gasteiger partial charge in [-0.1, -0.05) is 13.8 Å². The third-order valence-electron chi connectivity index (χ3n) is 2.35. The normalized spacial score (nSPS) is 11.2. The molecule has 0 saturated heterocycles. The minimum absolute atomic E-state index is 0.113. The van der Waals surface area contributed by atoms with Gasteiger partial charge in [-0.25, -0.2) is 14.2 Å². The fourth-order valence-corrected chi connectivity index (χ4v) is 1.54. The molecule has 0 aliphatic carbocycles. The molecule has 0 aliphatic rings. The molecule has 0 atom stereocenters. The number of nitrogens with one attached hydrogen (secondary N) is 1. The van der Waals surface area contributed by atoms with Gasteiger partial charge in [0.2, 0.25) is 0 Å². The zero-order valence-corrected chi connectivity index (χ0v) is 8.91. The van der Waals surface area contributed by atoms with Crippen molar-refractivity contribution in [3.63, 3.8) is 0 Å². The number of carboxylic acids is 1. The minimum atomic E-state index is -1.17. The Morgan fingerprint density at radius 1 is 1.50 bits per heavy atom. The number of imidazole rings is 1. The number of carboxylic acid groups (broad SMARTS) is 1. The van der Waals surface area contributed by atoms with Crippen molar-refractivity contribution in [1.82, 2.24) is 9.97 Å². The number of hydrogen-bond acceptors (Lipinski definition) is 2. The molecule has 0 amide bonds. The van der Waals surface area contributed by atoms with E-state index in [0.29, 0.717) is 16.9 Å². The molecule has 0 spiro atoms. The number of halogens is 1. The van der Waals surface area contributed by atoms with Crippen LogP contribution in [0.4, 0.5) is 4.39 Å². The van der Waals surface area contributed by atoms with Crippen molar-refractivity contribution in [2.75, 3.05) is 0 Å². The number of benzene rings is 1. The van der Waals surface area contributed by atoms with Crippen molar-refractivity contribution in [2.24, 2.45) is 0 Å². The Labute approximate surface area is 91.1 Å². The molecule has 1 aromatic carbocycles. The first-order valence-electron chi connectivity index (χ1n) is 4.91. The summed E-state index contributed by atoms with van der Waals surface area (Å²) in [5.41, 5.74) is 0.608. The number of H-pyrrole nitrogens is 1. The van der Waals surface area contributed by atoms with Gasteiger partial charge in [0.1, 0.15) is 17.2 Å². The molecule has 1 aromatic heterocycles. The predicted molar refractivity (Wildman–Crippen MR) is 57.1 cm³/mol. The van der Waals surface area contributed by atoms with Gasteiger partial charge >= 0.3 is 5.97 Å². The quantitative estimate of drug-likeness (QED) is 0.820. The summed E-state index contributed by atoms with van der Waals surface area (Å²) in [6, 6.07) is 2.23. The van der Waals surface area contributed by atoms with Crippen molar-refractivity contribution >= 4 is 17.0 Å². The van der Waals surface area contributed by atoms with E-state index in [-0.39, 0.29) is 11.5 Å². The number of carbonyl (C=O) groups is 1. The third-order valence-corrected chi connectivity index (χ3v) is 2.35. The highest BCUT2D eigenvalue weighted by atomic mass is 19.1. The third kappa shape index (κ3) is 1.64. The summed E-state index contributed by atoms with van der Waals surface area (Å²) in [5.74, 6) is -0.963.